The molecule has 1 saturated heterocycles. The Labute approximate surface area is 168 Å². The molecule has 7 heteroatoms. The third kappa shape index (κ3) is 3.44. The number of Topliss-reactive ketones (excluding diaryl/α,β-unsaturated/α-hetero) is 1. The van der Waals surface area contributed by atoms with E-state index in [2.05, 4.69) is 5.32 Å². The van der Waals surface area contributed by atoms with Crippen LogP contribution in [-0.2, 0) is 11.2 Å². The van der Waals surface area contributed by atoms with E-state index in [-0.39, 0.29) is 25.5 Å². The highest BCUT2D eigenvalue weighted by molar-refractivity contribution is 6.11. The van der Waals surface area contributed by atoms with Gasteiger partial charge in [-0.25, -0.2) is 4.79 Å². The number of hydrogen-bond acceptors (Lipinski definition) is 5. The maximum Gasteiger partial charge on any atom is 0.325 e. The summed E-state index contributed by atoms with van der Waals surface area (Å²) in [6, 6.07) is 10.3. The lowest BCUT2D eigenvalue weighted by Gasteiger charge is -2.22. The zero-order valence-electron chi connectivity index (χ0n) is 16.6. The van der Waals surface area contributed by atoms with Gasteiger partial charge in [-0.3, -0.25) is 14.5 Å². The molecule has 0 aromatic heterocycles. The number of hydrogen-bond donors (Lipinski definition) is 1. The van der Waals surface area contributed by atoms with Crippen LogP contribution in [0.25, 0.3) is 0 Å². The molecule has 0 spiro atoms. The third-order valence-electron chi connectivity index (χ3n) is 5.32. The van der Waals surface area contributed by atoms with Crippen LogP contribution < -0.4 is 14.8 Å². The second-order valence-electron chi connectivity index (χ2n) is 7.76. The predicted molar refractivity (Wildman–Crippen MR) is 105 cm³/mol. The zero-order valence-corrected chi connectivity index (χ0v) is 16.6. The van der Waals surface area contributed by atoms with Crippen LogP contribution in [0.1, 0.15) is 34.0 Å². The molecule has 0 radical (unpaired) electrons. The van der Waals surface area contributed by atoms with Gasteiger partial charge in [0.05, 0.1) is 6.54 Å². The van der Waals surface area contributed by atoms with Gasteiger partial charge in [-0.15, -0.1) is 0 Å². The highest BCUT2D eigenvalue weighted by atomic mass is 16.7. The molecule has 0 aliphatic carbocycles. The van der Waals surface area contributed by atoms with Crippen LogP contribution in [0.3, 0.4) is 0 Å². The van der Waals surface area contributed by atoms with E-state index < -0.39 is 17.5 Å². The van der Waals surface area contributed by atoms with Crippen molar-refractivity contribution in [3.05, 3.63) is 58.7 Å². The molecule has 2 aliphatic heterocycles. The largest absolute Gasteiger partial charge is 0.454 e. The van der Waals surface area contributed by atoms with Crippen molar-refractivity contribution in [1.29, 1.82) is 0 Å². The monoisotopic (exact) mass is 394 g/mol. The van der Waals surface area contributed by atoms with E-state index in [1.165, 1.54) is 0 Å². The number of rotatable bonds is 5. The van der Waals surface area contributed by atoms with Gasteiger partial charge in [0.15, 0.2) is 17.3 Å². The summed E-state index contributed by atoms with van der Waals surface area (Å²) in [5.74, 6) is 0.586. The maximum absolute atomic E-state index is 13.0. The van der Waals surface area contributed by atoms with Gasteiger partial charge >= 0.3 is 6.03 Å². The molecule has 2 aliphatic rings. The second-order valence-corrected chi connectivity index (χ2v) is 7.76. The first kappa shape index (κ1) is 19.0. The van der Waals surface area contributed by atoms with Gasteiger partial charge in [-0.1, -0.05) is 29.8 Å². The van der Waals surface area contributed by atoms with E-state index >= 15 is 0 Å². The van der Waals surface area contributed by atoms with Gasteiger partial charge in [0.2, 0.25) is 6.79 Å². The summed E-state index contributed by atoms with van der Waals surface area (Å²) in [5.41, 5.74) is 2.08. The molecule has 150 valence electrons. The molecule has 3 amide bonds. The van der Waals surface area contributed by atoms with Crippen molar-refractivity contribution in [2.24, 2.45) is 0 Å². The Morgan fingerprint density at radius 1 is 1.10 bits per heavy atom. The van der Waals surface area contributed by atoms with Crippen molar-refractivity contribution >= 4 is 17.7 Å². The highest BCUT2D eigenvalue weighted by Crippen LogP contribution is 2.34. The topological polar surface area (TPSA) is 84.9 Å². The number of ketones is 1. The van der Waals surface area contributed by atoms with Crippen LogP contribution in [0, 0.1) is 13.8 Å². The Hall–Kier alpha value is -3.35. The lowest BCUT2D eigenvalue weighted by Crippen LogP contribution is -2.46. The van der Waals surface area contributed by atoms with Gasteiger partial charge in [-0.2, -0.15) is 0 Å². The average molecular weight is 394 g/mol. The molecule has 1 N–H and O–H groups in total. The summed E-state index contributed by atoms with van der Waals surface area (Å²) >= 11 is 0. The third-order valence-corrected chi connectivity index (χ3v) is 5.32. The van der Waals surface area contributed by atoms with Gasteiger partial charge in [-0.05, 0) is 44.0 Å². The molecular formula is C22H22N2O5. The van der Waals surface area contributed by atoms with E-state index in [9.17, 15) is 14.4 Å². The smallest absolute Gasteiger partial charge is 0.325 e. The molecule has 1 atom stereocenters. The molecule has 1 fully saturated rings. The number of fused-ring (bicyclic) bond motifs is 1. The normalized spacial score (nSPS) is 20.2. The molecule has 4 rings (SSSR count). The standard InChI is InChI=1S/C22H22N2O5/c1-13-4-6-16(14(2)8-13)17(25)11-24-20(26)22(3,23-21(24)27)10-15-5-7-18-19(9-15)29-12-28-18/h4-9H,10-12H2,1-3H3,(H,23,27)/t22-/m1/s1. The maximum atomic E-state index is 13.0. The molecule has 2 heterocycles. The van der Waals surface area contributed by atoms with Crippen molar-refractivity contribution < 1.29 is 23.9 Å². The summed E-state index contributed by atoms with van der Waals surface area (Å²) in [6.07, 6.45) is 0.280. The highest BCUT2D eigenvalue weighted by Gasteiger charge is 2.48. The number of aryl methyl sites for hydroxylation is 2. The molecule has 0 bridgehead atoms. The van der Waals surface area contributed by atoms with Gasteiger partial charge in [0, 0.05) is 12.0 Å². The fourth-order valence-electron chi connectivity index (χ4n) is 3.82. The van der Waals surface area contributed by atoms with Gasteiger partial charge in [0.25, 0.3) is 5.91 Å². The van der Waals surface area contributed by atoms with E-state index in [1.54, 1.807) is 25.1 Å². The number of carbonyl (C=O) groups excluding carboxylic acids is 3. The number of urea groups is 1. The zero-order chi connectivity index (χ0) is 20.8. The van der Waals surface area contributed by atoms with Crippen molar-refractivity contribution in [3.63, 3.8) is 0 Å². The fourth-order valence-corrected chi connectivity index (χ4v) is 3.82. The minimum absolute atomic E-state index is 0.167. The Morgan fingerprint density at radius 3 is 2.62 bits per heavy atom. The van der Waals surface area contributed by atoms with Crippen LogP contribution in [0.5, 0.6) is 11.5 Å². The van der Waals surface area contributed by atoms with Crippen LogP contribution in [0.2, 0.25) is 0 Å². The number of amides is 3. The minimum Gasteiger partial charge on any atom is -0.454 e. The molecule has 7 nitrogen and oxygen atoms in total. The van der Waals surface area contributed by atoms with E-state index in [1.807, 2.05) is 32.0 Å². The molecule has 2 aromatic rings. The van der Waals surface area contributed by atoms with Crippen LogP contribution in [0.4, 0.5) is 4.79 Å². The van der Waals surface area contributed by atoms with Gasteiger partial charge < -0.3 is 14.8 Å². The number of carbonyl (C=O) groups is 3. The van der Waals surface area contributed by atoms with Crippen molar-refractivity contribution in [3.8, 4) is 11.5 Å². The Balaban J connectivity index is 1.51. The summed E-state index contributed by atoms with van der Waals surface area (Å²) in [6.45, 7) is 5.33. The fraction of sp³-hybridized carbons (Fsp3) is 0.318. The van der Waals surface area contributed by atoms with Crippen molar-refractivity contribution in [2.45, 2.75) is 32.7 Å². The van der Waals surface area contributed by atoms with Crippen LogP contribution >= 0.6 is 0 Å². The van der Waals surface area contributed by atoms with E-state index in [4.69, 9.17) is 9.47 Å². The number of ether oxygens (including phenoxy) is 2. The predicted octanol–water partition coefficient (Wildman–Crippen LogP) is 2.77. The molecule has 2 aromatic carbocycles. The Bertz CT molecular complexity index is 1030. The summed E-state index contributed by atoms with van der Waals surface area (Å²) in [5, 5.41) is 2.74. The SMILES string of the molecule is Cc1ccc(C(=O)CN2C(=O)N[C@](C)(Cc3ccc4c(c3)OCO4)C2=O)c(C)c1. The molecule has 29 heavy (non-hydrogen) atoms. The quantitative estimate of drug-likeness (QED) is 0.623. The van der Waals surface area contributed by atoms with Gasteiger partial charge in [0.1, 0.15) is 5.54 Å². The molecular weight excluding hydrogens is 372 g/mol. The van der Waals surface area contributed by atoms with Crippen molar-refractivity contribution in [1.82, 2.24) is 10.2 Å². The second kappa shape index (κ2) is 6.92. The molecule has 0 unspecified atom stereocenters. The van der Waals surface area contributed by atoms with Crippen LogP contribution in [0.15, 0.2) is 36.4 Å². The lowest BCUT2D eigenvalue weighted by molar-refractivity contribution is -0.130. The summed E-state index contributed by atoms with van der Waals surface area (Å²) in [7, 11) is 0. The number of nitrogens with one attached hydrogen (secondary N) is 1. The van der Waals surface area contributed by atoms with E-state index in [0.29, 0.717) is 17.1 Å². The summed E-state index contributed by atoms with van der Waals surface area (Å²) in [4.78, 5) is 39.2. The Kier molecular flexibility index (Phi) is 4.53. The van der Waals surface area contributed by atoms with Crippen molar-refractivity contribution in [2.75, 3.05) is 13.3 Å². The first-order chi connectivity index (χ1) is 13.8. The Morgan fingerprint density at radius 2 is 1.86 bits per heavy atom. The van der Waals surface area contributed by atoms with E-state index in [0.717, 1.165) is 21.6 Å². The lowest BCUT2D eigenvalue weighted by atomic mass is 9.92. The number of nitrogens with zero attached hydrogens (tertiary/aromatic N) is 1. The van der Waals surface area contributed by atoms with Crippen LogP contribution in [-0.4, -0.2) is 41.5 Å². The minimum atomic E-state index is -1.13. The first-order valence-electron chi connectivity index (χ1n) is 9.40. The molecule has 0 saturated carbocycles. The summed E-state index contributed by atoms with van der Waals surface area (Å²) < 4.78 is 10.7. The average Bonchev–Trinajstić information content (AvgIpc) is 3.19. The number of benzene rings is 2. The first-order valence-corrected chi connectivity index (χ1v) is 9.40. The number of imide groups is 1.